The quantitative estimate of drug-likeness (QED) is 0.0155. The Bertz CT molecular complexity index is 4550. The molecule has 3 aliphatic heterocycles. The second kappa shape index (κ2) is 62.9. The van der Waals surface area contributed by atoms with Crippen molar-refractivity contribution in [1.82, 2.24) is 55.6 Å². The molecule has 146 heavy (non-hydrogen) atoms. The number of carbonyl (C=O) groups excluding carboxylic acids is 14. The lowest BCUT2D eigenvalue weighted by Gasteiger charge is -2.41. The number of likely N-dealkylation sites (tertiary alicyclic amines) is 2. The first kappa shape index (κ1) is 125. The topological polar surface area (TPSA) is 424 Å². The zero-order chi connectivity index (χ0) is 109. The molecule has 36 heteroatoms. The first-order valence-corrected chi connectivity index (χ1v) is 53.8. The molecule has 12 amide bonds. The van der Waals surface area contributed by atoms with Crippen LogP contribution in [0.1, 0.15) is 250 Å². The van der Waals surface area contributed by atoms with Gasteiger partial charge in [-0.05, 0) is 150 Å². The molecule has 35 nitrogen and oxygen atoms in total. The zero-order valence-electron chi connectivity index (χ0n) is 91.2. The highest BCUT2D eigenvalue weighted by Gasteiger charge is 2.48. The fraction of sp³-hybridized carbons (Fsp3) is 0.709. The summed E-state index contributed by atoms with van der Waals surface area (Å²) in [5, 5.41) is 33.4. The number of hydrogen-bond acceptors (Lipinski definition) is 24. The molecule has 0 aromatic heterocycles. The third-order valence-corrected chi connectivity index (χ3v) is 30.4. The summed E-state index contributed by atoms with van der Waals surface area (Å²) in [5.74, 6) is -7.33. The van der Waals surface area contributed by atoms with E-state index in [4.69, 9.17) is 37.9 Å². The molecule has 5 aliphatic rings. The highest BCUT2D eigenvalue weighted by atomic mass is 79.9. The minimum atomic E-state index is -0.915. The Labute approximate surface area is 875 Å². The van der Waals surface area contributed by atoms with Crippen molar-refractivity contribution < 1.29 is 115 Å². The molecule has 2 saturated heterocycles. The molecule has 4 unspecified atom stereocenters. The van der Waals surface area contributed by atoms with Gasteiger partial charge in [-0.3, -0.25) is 62.4 Å². The largest absolute Gasteiger partial charge is 0.442 e. The van der Waals surface area contributed by atoms with E-state index in [2.05, 4.69) is 37.2 Å². The van der Waals surface area contributed by atoms with Gasteiger partial charge in [0.15, 0.2) is 11.6 Å². The van der Waals surface area contributed by atoms with E-state index in [0.717, 1.165) is 24.2 Å². The number of ether oxygens (including phenoxy) is 8. The van der Waals surface area contributed by atoms with Gasteiger partial charge in [-0.15, -0.1) is 0 Å². The molecule has 0 bridgehead atoms. The van der Waals surface area contributed by atoms with Gasteiger partial charge in [0.25, 0.3) is 11.8 Å². The van der Waals surface area contributed by atoms with Crippen molar-refractivity contribution in [2.75, 3.05) is 108 Å². The minimum Gasteiger partial charge on any atom is -0.442 e. The normalized spacial score (nSPS) is 21.8. The highest BCUT2D eigenvalue weighted by molar-refractivity contribution is 9.09. The molecule has 2 fully saturated rings. The number of likely N-dealkylation sites (N-methyl/N-ethyl adjacent to an activating group) is 4. The van der Waals surface area contributed by atoms with E-state index in [1.54, 1.807) is 101 Å². The van der Waals surface area contributed by atoms with Crippen LogP contribution in [0.15, 0.2) is 97.1 Å². The van der Waals surface area contributed by atoms with Crippen LogP contribution in [0.4, 0.5) is 9.59 Å². The maximum absolute atomic E-state index is 14.8. The van der Waals surface area contributed by atoms with Gasteiger partial charge in [-0.2, -0.15) is 0 Å². The van der Waals surface area contributed by atoms with Crippen LogP contribution < -0.4 is 21.3 Å². The van der Waals surface area contributed by atoms with Crippen molar-refractivity contribution in [1.29, 1.82) is 0 Å². The Morgan fingerprint density at radius 2 is 0.849 bits per heavy atom. The number of Topliss-reactive ketones (excluding diaryl/α,β-unsaturated/α-hetero) is 2. The number of imide groups is 1. The van der Waals surface area contributed by atoms with Crippen LogP contribution in [-0.2, 0) is 95.4 Å². The summed E-state index contributed by atoms with van der Waals surface area (Å²) < 4.78 is 47.8. The highest BCUT2D eigenvalue weighted by Crippen LogP contribution is 2.37. The van der Waals surface area contributed by atoms with Crippen molar-refractivity contribution in [2.24, 2.45) is 59.2 Å². The monoisotopic (exact) mass is 2110 g/mol. The number of nitrogens with one attached hydrogen (secondary N) is 4. The van der Waals surface area contributed by atoms with Crippen molar-refractivity contribution >= 4 is 98.8 Å². The molecule has 6 N–H and O–H groups in total. The third kappa shape index (κ3) is 36.8. The zero-order valence-corrected chi connectivity index (χ0v) is 92.8. The number of nitrogens with zero attached hydrogens (tertiary/aromatic N) is 7. The summed E-state index contributed by atoms with van der Waals surface area (Å²) >= 11 is 3.13. The predicted molar refractivity (Wildman–Crippen MR) is 560 cm³/mol. The fourth-order valence-corrected chi connectivity index (χ4v) is 21.1. The number of amides is 12. The fourth-order valence-electron chi connectivity index (χ4n) is 20.9. The predicted octanol–water partition coefficient (Wildman–Crippen LogP) is 12.3. The van der Waals surface area contributed by atoms with Crippen LogP contribution in [0.2, 0.25) is 0 Å². The lowest BCUT2D eigenvalue weighted by atomic mass is 9.83. The van der Waals surface area contributed by atoms with E-state index in [1.807, 2.05) is 150 Å². The molecular formula is C110H174BrN11O24. The van der Waals surface area contributed by atoms with Crippen LogP contribution in [0.5, 0.6) is 0 Å². The van der Waals surface area contributed by atoms with Gasteiger partial charge >= 0.3 is 12.2 Å². The maximum Gasteiger partial charge on any atom is 0.410 e. The molecule has 820 valence electrons. The van der Waals surface area contributed by atoms with E-state index in [-0.39, 0.29) is 163 Å². The molecule has 2 aromatic rings. The average Bonchev–Trinajstić information content (AvgIpc) is 1.58. The Morgan fingerprint density at radius 3 is 1.21 bits per heavy atom. The summed E-state index contributed by atoms with van der Waals surface area (Å²) in [6.45, 7) is 31.9. The Morgan fingerprint density at radius 1 is 0.466 bits per heavy atom. The van der Waals surface area contributed by atoms with Crippen molar-refractivity contribution in [3.8, 4) is 0 Å². The summed E-state index contributed by atoms with van der Waals surface area (Å²) in [6, 6.07) is 13.5. The maximum atomic E-state index is 14.8. The molecule has 24 atom stereocenters. The lowest BCUT2D eigenvalue weighted by molar-refractivity contribution is -0.149. The minimum absolute atomic E-state index is 0.00936. The van der Waals surface area contributed by atoms with Gasteiger partial charge in [0.1, 0.15) is 18.8 Å². The van der Waals surface area contributed by atoms with E-state index in [1.165, 1.54) is 43.2 Å². The number of rotatable bonds is 55. The van der Waals surface area contributed by atoms with Crippen LogP contribution >= 0.6 is 15.9 Å². The van der Waals surface area contributed by atoms with Crippen molar-refractivity contribution in [2.45, 2.75) is 336 Å². The molecule has 3 heterocycles. The molecular weight excluding hydrogens is 1940 g/mol. The lowest BCUT2D eigenvalue weighted by Crippen LogP contribution is -2.55. The van der Waals surface area contributed by atoms with E-state index in [9.17, 15) is 77.3 Å². The van der Waals surface area contributed by atoms with Gasteiger partial charge in [0.05, 0.1) is 134 Å². The summed E-state index contributed by atoms with van der Waals surface area (Å²) in [4.78, 5) is 200. The van der Waals surface area contributed by atoms with Gasteiger partial charge in [-0.25, -0.2) is 9.59 Å². The van der Waals surface area contributed by atoms with Gasteiger partial charge < -0.3 is 98.8 Å². The van der Waals surface area contributed by atoms with Crippen LogP contribution in [0.3, 0.4) is 0 Å². The van der Waals surface area contributed by atoms with Gasteiger partial charge in [0.2, 0.25) is 47.3 Å². The number of carbonyl (C=O) groups is 14. The number of hydrogen-bond donors (Lipinski definition) is 6. The van der Waals surface area contributed by atoms with E-state index >= 15 is 0 Å². The molecule has 0 saturated carbocycles. The average molecular weight is 2110 g/mol. The second-order valence-electron chi connectivity index (χ2n) is 41.6. The first-order chi connectivity index (χ1) is 69.3. The van der Waals surface area contributed by atoms with Crippen LogP contribution in [-0.4, -0.2) is 332 Å². The first-order valence-electron chi connectivity index (χ1n) is 52.7. The molecule has 2 aliphatic carbocycles. The standard InChI is InChI=1S/C57H88N6O13.C53H86BrN5O11/c1-13-37(6)52(46(73-11)33-50(68)62-30-19-26-44(62)54(74-12)38(7)55(70)59-39(8)53(69)40-20-15-14-16-21-40)60(9)56(71)43(35(2)3)32-45(64)51(36(4)5)61(10)57(72)76-42-24-17-22-41(23-18-25-42)75-34-47(65)58-29-31-63-48(66)27-28-49(63)67;1-13-35(6)48(44(67-11)31-46(62)59-28-19-26-42(59)50(68-12)36(7)51(64)56-37(8)49(63)38-20-15-14-16-21-38)57(9)52(65)41(33(2)3)30-43(60)47(34(4)5)58(10)53(66)70-40-24-17-22-39(23-18-25-40)69-29-27-55-45(61)32-54/h14-17,20-21,24,27-28,35-39,41-44,46,51-54,69H,13,18-19,22-23,25-26,29-34H2,1-12H3,(H,58,65)(H,59,70);14-17,20-21,24,33-37,39-42,44,47-50,63H,13,18-19,22-23,25-32H2,1-12H3,(H,55,61)(H,56,64)/b2*24-17+/t37-,38+,39+,41?,42?,43+,44-,46+,51-,52-,53+,54+;35-,36+,37+,39?,40?,41+,42-,44+,47-,48-,49+,50+/m00/s1. The number of ketones is 2. The van der Waals surface area contributed by atoms with E-state index in [0.29, 0.717) is 108 Å². The molecule has 2 aromatic carbocycles. The Kier molecular flexibility index (Phi) is 54.0. The number of methoxy groups -OCH3 is 4. The van der Waals surface area contributed by atoms with Crippen LogP contribution in [0, 0.1) is 59.2 Å². The number of halogens is 1. The molecule has 7 rings (SSSR count). The molecule has 0 radical (unpaired) electrons. The molecule has 0 spiro atoms. The van der Waals surface area contributed by atoms with Gasteiger partial charge in [0, 0.05) is 126 Å². The smallest absolute Gasteiger partial charge is 0.410 e. The number of aliphatic hydroxyl groups is 2. The number of alkyl halides is 1. The number of aliphatic hydroxyl groups excluding tert-OH is 2. The van der Waals surface area contributed by atoms with Crippen molar-refractivity contribution in [3.63, 3.8) is 0 Å². The van der Waals surface area contributed by atoms with Gasteiger partial charge in [-0.1, -0.05) is 199 Å². The second-order valence-corrected chi connectivity index (χ2v) is 42.1. The van der Waals surface area contributed by atoms with Crippen molar-refractivity contribution in [3.05, 3.63) is 108 Å². The Hall–Kier alpha value is -9.40. The van der Waals surface area contributed by atoms with E-state index < -0.39 is 139 Å². The third-order valence-electron chi connectivity index (χ3n) is 29.8. The summed E-state index contributed by atoms with van der Waals surface area (Å²) in [5.41, 5.74) is 1.38. The summed E-state index contributed by atoms with van der Waals surface area (Å²) in [6.07, 6.45) is 11.5. The SMILES string of the molecule is CC[C@H](C)[C@@H]([C@@H](CC(=O)N1CCC[C@H]1[C@H](OC)[C@@H](C)C(=O)N[C@H](C)[C@@H](O)c1ccccc1)OC)N(C)C(=O)[C@H](CC(=O)[C@H](C(C)C)N(C)C(=O)OC1/C=C/CC(OCC(=O)NCCN2C(=O)C=CC2=O)CCC1)C(C)C.CC[C@H](C)[C@@H]([C@@H](CC(=O)N1CCC[C@H]1[C@H](OC)[C@@H](C)C(=O)N[C@H](C)[C@@H](O)c1ccccc1)OC)N(C)C(=O)[C@H](CC(=O)[C@H](C(C)C)N(C)C(=O)OC1/C=C/CC(OCCNC(=O)CBr)CCC1)C(C)C. The van der Waals surface area contributed by atoms with Crippen LogP contribution in [0.25, 0.3) is 0 Å². The summed E-state index contributed by atoms with van der Waals surface area (Å²) in [7, 11) is 12.7. The number of benzene rings is 2. The Balaban J connectivity index is 0.000000448.